The van der Waals surface area contributed by atoms with Crippen LogP contribution in [0.2, 0.25) is 0 Å². The third-order valence-electron chi connectivity index (χ3n) is 4.00. The first-order valence-electron chi connectivity index (χ1n) is 7.53. The molecule has 0 aliphatic carbocycles. The SMILES string of the molecule is CC(CC(=O)NC1CCNCC1)c1ccc(C(F)(F)F)cc1.Cl. The van der Waals surface area contributed by atoms with Gasteiger partial charge < -0.3 is 10.6 Å². The molecule has 23 heavy (non-hydrogen) atoms. The van der Waals surface area contributed by atoms with Gasteiger partial charge in [0.15, 0.2) is 0 Å². The predicted octanol–water partition coefficient (Wildman–Crippen LogP) is 3.49. The smallest absolute Gasteiger partial charge is 0.353 e. The zero-order valence-electron chi connectivity index (χ0n) is 13.0. The molecule has 0 spiro atoms. The van der Waals surface area contributed by atoms with E-state index < -0.39 is 11.7 Å². The van der Waals surface area contributed by atoms with Gasteiger partial charge in [-0.05, 0) is 49.5 Å². The highest BCUT2D eigenvalue weighted by molar-refractivity contribution is 5.85. The Morgan fingerprint density at radius 3 is 2.35 bits per heavy atom. The van der Waals surface area contributed by atoms with Gasteiger partial charge in [-0.3, -0.25) is 4.79 Å². The van der Waals surface area contributed by atoms with Crippen molar-refractivity contribution in [2.24, 2.45) is 0 Å². The fourth-order valence-electron chi connectivity index (χ4n) is 2.65. The van der Waals surface area contributed by atoms with Crippen molar-refractivity contribution >= 4 is 18.3 Å². The normalized spacial score (nSPS) is 17.2. The number of hydrogen-bond acceptors (Lipinski definition) is 2. The minimum atomic E-state index is -4.33. The molecule has 1 fully saturated rings. The number of carbonyl (C=O) groups is 1. The Balaban J connectivity index is 0.00000264. The van der Waals surface area contributed by atoms with Crippen LogP contribution in [-0.2, 0) is 11.0 Å². The minimum absolute atomic E-state index is 0. The summed E-state index contributed by atoms with van der Waals surface area (Å²) in [4.78, 5) is 12.0. The number of alkyl halides is 3. The first kappa shape index (κ1) is 19.8. The maximum absolute atomic E-state index is 12.5. The zero-order valence-corrected chi connectivity index (χ0v) is 13.8. The summed E-state index contributed by atoms with van der Waals surface area (Å²) in [7, 11) is 0. The van der Waals surface area contributed by atoms with E-state index in [-0.39, 0.29) is 36.7 Å². The van der Waals surface area contributed by atoms with Gasteiger partial charge in [-0.15, -0.1) is 12.4 Å². The van der Waals surface area contributed by atoms with Crippen LogP contribution in [0.1, 0.15) is 43.2 Å². The van der Waals surface area contributed by atoms with Crippen LogP contribution in [-0.4, -0.2) is 25.0 Å². The van der Waals surface area contributed by atoms with E-state index in [4.69, 9.17) is 0 Å². The first-order chi connectivity index (χ1) is 10.4. The van der Waals surface area contributed by atoms with Gasteiger partial charge in [0.25, 0.3) is 0 Å². The van der Waals surface area contributed by atoms with Gasteiger partial charge in [0.1, 0.15) is 0 Å². The fraction of sp³-hybridized carbons (Fsp3) is 0.562. The second-order valence-electron chi connectivity index (χ2n) is 5.82. The van der Waals surface area contributed by atoms with Crippen LogP contribution in [0, 0.1) is 0 Å². The molecule has 0 radical (unpaired) electrons. The first-order valence-corrected chi connectivity index (χ1v) is 7.53. The third kappa shape index (κ3) is 6.03. The van der Waals surface area contributed by atoms with Crippen molar-refractivity contribution in [3.05, 3.63) is 35.4 Å². The Bertz CT molecular complexity index is 499. The molecular weight excluding hydrogens is 329 g/mol. The largest absolute Gasteiger partial charge is 0.416 e. The highest BCUT2D eigenvalue weighted by Gasteiger charge is 2.30. The van der Waals surface area contributed by atoms with E-state index in [9.17, 15) is 18.0 Å². The second kappa shape index (κ2) is 8.55. The van der Waals surface area contributed by atoms with Crippen molar-refractivity contribution in [1.82, 2.24) is 10.6 Å². The number of rotatable bonds is 4. The number of carbonyl (C=O) groups excluding carboxylic acids is 1. The second-order valence-corrected chi connectivity index (χ2v) is 5.82. The molecule has 1 saturated heterocycles. The molecule has 1 aromatic carbocycles. The van der Waals surface area contributed by atoms with E-state index >= 15 is 0 Å². The molecule has 2 N–H and O–H groups in total. The molecule has 7 heteroatoms. The van der Waals surface area contributed by atoms with Crippen LogP contribution >= 0.6 is 12.4 Å². The van der Waals surface area contributed by atoms with Gasteiger partial charge in [0.05, 0.1) is 5.56 Å². The highest BCUT2D eigenvalue weighted by Crippen LogP contribution is 2.30. The van der Waals surface area contributed by atoms with Crippen molar-refractivity contribution in [2.75, 3.05) is 13.1 Å². The number of halogens is 4. The molecule has 130 valence electrons. The molecule has 3 nitrogen and oxygen atoms in total. The van der Waals surface area contributed by atoms with Crippen molar-refractivity contribution in [1.29, 1.82) is 0 Å². The summed E-state index contributed by atoms with van der Waals surface area (Å²) in [6.07, 6.45) is -2.20. The molecule has 0 saturated carbocycles. The Morgan fingerprint density at radius 1 is 1.26 bits per heavy atom. The summed E-state index contributed by atoms with van der Waals surface area (Å²) in [5, 5.41) is 6.23. The number of piperidine rings is 1. The predicted molar refractivity (Wildman–Crippen MR) is 85.8 cm³/mol. The minimum Gasteiger partial charge on any atom is -0.353 e. The average molecular weight is 351 g/mol. The Kier molecular flexibility index (Phi) is 7.35. The summed E-state index contributed by atoms with van der Waals surface area (Å²) < 4.78 is 37.6. The van der Waals surface area contributed by atoms with Crippen LogP contribution in [0.25, 0.3) is 0 Å². The molecule has 0 bridgehead atoms. The molecule has 2 rings (SSSR count). The molecule has 1 unspecified atom stereocenters. The molecule has 1 amide bonds. The maximum atomic E-state index is 12.5. The van der Waals surface area contributed by atoms with E-state index in [1.165, 1.54) is 12.1 Å². The molecule has 0 aromatic heterocycles. The summed E-state index contributed by atoms with van der Waals surface area (Å²) in [5.74, 6) is -0.150. The standard InChI is InChI=1S/C16H21F3N2O.ClH/c1-11(10-15(22)21-14-6-8-20-9-7-14)12-2-4-13(5-3-12)16(17,18)19;/h2-5,11,14,20H,6-10H2,1H3,(H,21,22);1H. The molecular formula is C16H22ClF3N2O. The summed E-state index contributed by atoms with van der Waals surface area (Å²) in [6, 6.07) is 5.23. The van der Waals surface area contributed by atoms with Gasteiger partial charge in [0, 0.05) is 12.5 Å². The van der Waals surface area contributed by atoms with Crippen molar-refractivity contribution in [3.8, 4) is 0 Å². The average Bonchev–Trinajstić information content (AvgIpc) is 2.47. The summed E-state index contributed by atoms with van der Waals surface area (Å²) in [6.45, 7) is 3.66. The molecule has 1 aromatic rings. The topological polar surface area (TPSA) is 41.1 Å². The molecule has 1 aliphatic heterocycles. The number of benzene rings is 1. The number of hydrogen-bond donors (Lipinski definition) is 2. The highest BCUT2D eigenvalue weighted by atomic mass is 35.5. The lowest BCUT2D eigenvalue weighted by Crippen LogP contribution is -2.42. The van der Waals surface area contributed by atoms with Gasteiger partial charge >= 0.3 is 6.18 Å². The van der Waals surface area contributed by atoms with Gasteiger partial charge in [-0.2, -0.15) is 13.2 Å². The molecule has 1 atom stereocenters. The molecule has 1 aliphatic rings. The van der Waals surface area contributed by atoms with Gasteiger partial charge in [-0.1, -0.05) is 19.1 Å². The van der Waals surface area contributed by atoms with Crippen molar-refractivity contribution in [3.63, 3.8) is 0 Å². The lowest BCUT2D eigenvalue weighted by atomic mass is 9.96. The number of amides is 1. The van der Waals surface area contributed by atoms with Crippen LogP contribution in [0.3, 0.4) is 0 Å². The van der Waals surface area contributed by atoms with E-state index in [2.05, 4.69) is 10.6 Å². The van der Waals surface area contributed by atoms with E-state index in [0.29, 0.717) is 0 Å². The van der Waals surface area contributed by atoms with Crippen LogP contribution in [0.15, 0.2) is 24.3 Å². The Labute approximate surface area is 140 Å². The lowest BCUT2D eigenvalue weighted by molar-refractivity contribution is -0.137. The van der Waals surface area contributed by atoms with E-state index in [1.807, 2.05) is 6.92 Å². The van der Waals surface area contributed by atoms with Crippen LogP contribution < -0.4 is 10.6 Å². The number of nitrogens with one attached hydrogen (secondary N) is 2. The summed E-state index contributed by atoms with van der Waals surface area (Å²) in [5.41, 5.74) is 0.0797. The van der Waals surface area contributed by atoms with E-state index in [0.717, 1.165) is 43.6 Å². The summed E-state index contributed by atoms with van der Waals surface area (Å²) >= 11 is 0. The van der Waals surface area contributed by atoms with Gasteiger partial charge in [0.2, 0.25) is 5.91 Å². The zero-order chi connectivity index (χ0) is 16.2. The monoisotopic (exact) mass is 350 g/mol. The Hall–Kier alpha value is -1.27. The molecule has 1 heterocycles. The Morgan fingerprint density at radius 2 is 1.83 bits per heavy atom. The third-order valence-corrected chi connectivity index (χ3v) is 4.00. The van der Waals surface area contributed by atoms with Gasteiger partial charge in [-0.25, -0.2) is 0 Å². The van der Waals surface area contributed by atoms with Crippen LogP contribution in [0.5, 0.6) is 0 Å². The van der Waals surface area contributed by atoms with Crippen LogP contribution in [0.4, 0.5) is 13.2 Å². The van der Waals surface area contributed by atoms with Crippen molar-refractivity contribution < 1.29 is 18.0 Å². The maximum Gasteiger partial charge on any atom is 0.416 e. The van der Waals surface area contributed by atoms with Crippen molar-refractivity contribution in [2.45, 2.75) is 44.3 Å². The quantitative estimate of drug-likeness (QED) is 0.872. The van der Waals surface area contributed by atoms with E-state index in [1.54, 1.807) is 0 Å². The fourth-order valence-corrected chi connectivity index (χ4v) is 2.65. The lowest BCUT2D eigenvalue weighted by Gasteiger charge is -2.24.